The Morgan fingerprint density at radius 1 is 1.25 bits per heavy atom. The Kier molecular flexibility index (Phi) is 9.30. The first-order valence-corrected chi connectivity index (χ1v) is 6.65. The second-order valence-corrected chi connectivity index (χ2v) is 4.69. The van der Waals surface area contributed by atoms with Crippen molar-refractivity contribution in [2.45, 2.75) is 77.8 Å². The second-order valence-electron chi connectivity index (χ2n) is 4.69. The molecule has 0 aromatic carbocycles. The third-order valence-electron chi connectivity index (χ3n) is 2.87. The minimum absolute atomic E-state index is 0.00675. The molecular formula is C13H28N2O. The van der Waals surface area contributed by atoms with Gasteiger partial charge in [0.2, 0.25) is 5.91 Å². The van der Waals surface area contributed by atoms with Gasteiger partial charge in [0.05, 0.1) is 0 Å². The topological polar surface area (TPSA) is 55.1 Å². The molecule has 3 N–H and O–H groups in total. The fourth-order valence-corrected chi connectivity index (χ4v) is 1.67. The van der Waals surface area contributed by atoms with E-state index in [2.05, 4.69) is 19.2 Å². The lowest BCUT2D eigenvalue weighted by atomic mass is 10.1. The highest BCUT2D eigenvalue weighted by Crippen LogP contribution is 2.05. The minimum atomic E-state index is 0.00675. The SMILES string of the molecule is CCCCCCC(C)NC(=O)CC(N)CC. The Hall–Kier alpha value is -0.570. The highest BCUT2D eigenvalue weighted by atomic mass is 16.1. The zero-order valence-corrected chi connectivity index (χ0v) is 11.1. The van der Waals surface area contributed by atoms with Crippen molar-refractivity contribution in [2.24, 2.45) is 5.73 Å². The van der Waals surface area contributed by atoms with E-state index in [1.165, 1.54) is 25.7 Å². The molecule has 0 heterocycles. The van der Waals surface area contributed by atoms with E-state index in [4.69, 9.17) is 5.73 Å². The van der Waals surface area contributed by atoms with Gasteiger partial charge in [0.15, 0.2) is 0 Å². The maximum absolute atomic E-state index is 11.5. The summed E-state index contributed by atoms with van der Waals surface area (Å²) in [5, 5.41) is 3.00. The molecule has 3 nitrogen and oxygen atoms in total. The van der Waals surface area contributed by atoms with Crippen LogP contribution in [-0.2, 0) is 4.79 Å². The number of rotatable bonds is 9. The molecule has 0 aliphatic carbocycles. The summed E-state index contributed by atoms with van der Waals surface area (Å²) < 4.78 is 0. The molecule has 0 bridgehead atoms. The first-order chi connectivity index (χ1) is 7.60. The van der Waals surface area contributed by atoms with Crippen molar-refractivity contribution in [3.05, 3.63) is 0 Å². The Morgan fingerprint density at radius 3 is 2.50 bits per heavy atom. The van der Waals surface area contributed by atoms with Crippen LogP contribution in [0.15, 0.2) is 0 Å². The van der Waals surface area contributed by atoms with Crippen molar-refractivity contribution in [1.82, 2.24) is 5.32 Å². The van der Waals surface area contributed by atoms with E-state index in [1.54, 1.807) is 0 Å². The molecule has 0 aliphatic heterocycles. The van der Waals surface area contributed by atoms with Crippen LogP contribution in [0.5, 0.6) is 0 Å². The zero-order valence-electron chi connectivity index (χ0n) is 11.1. The molecule has 0 aliphatic rings. The average molecular weight is 228 g/mol. The van der Waals surface area contributed by atoms with Crippen LogP contribution in [0.4, 0.5) is 0 Å². The summed E-state index contributed by atoms with van der Waals surface area (Å²) in [6, 6.07) is 0.292. The van der Waals surface area contributed by atoms with Gasteiger partial charge in [-0.3, -0.25) is 4.79 Å². The van der Waals surface area contributed by atoms with E-state index < -0.39 is 0 Å². The van der Waals surface area contributed by atoms with Gasteiger partial charge < -0.3 is 11.1 Å². The zero-order chi connectivity index (χ0) is 12.4. The second kappa shape index (κ2) is 9.64. The van der Waals surface area contributed by atoms with E-state index in [-0.39, 0.29) is 18.0 Å². The summed E-state index contributed by atoms with van der Waals surface area (Å²) in [4.78, 5) is 11.5. The fraction of sp³-hybridized carbons (Fsp3) is 0.923. The molecule has 2 atom stereocenters. The predicted octanol–water partition coefficient (Wildman–Crippen LogP) is 2.59. The van der Waals surface area contributed by atoms with Crippen molar-refractivity contribution in [1.29, 1.82) is 0 Å². The number of amides is 1. The number of unbranched alkanes of at least 4 members (excludes halogenated alkanes) is 3. The first-order valence-electron chi connectivity index (χ1n) is 6.65. The molecule has 0 spiro atoms. The molecule has 0 aromatic rings. The number of carbonyl (C=O) groups excluding carboxylic acids is 1. The molecule has 0 fully saturated rings. The first kappa shape index (κ1) is 15.4. The Bertz CT molecular complexity index is 183. The van der Waals surface area contributed by atoms with Gasteiger partial charge in [0.1, 0.15) is 0 Å². The minimum Gasteiger partial charge on any atom is -0.354 e. The summed E-state index contributed by atoms with van der Waals surface area (Å²) in [6.45, 7) is 6.28. The van der Waals surface area contributed by atoms with Crippen LogP contribution in [0.1, 0.15) is 65.7 Å². The molecule has 1 amide bonds. The van der Waals surface area contributed by atoms with E-state index in [0.717, 1.165) is 12.8 Å². The summed E-state index contributed by atoms with van der Waals surface area (Å²) in [5.74, 6) is 0.0948. The van der Waals surface area contributed by atoms with Crippen LogP contribution < -0.4 is 11.1 Å². The van der Waals surface area contributed by atoms with Crippen molar-refractivity contribution >= 4 is 5.91 Å². The van der Waals surface area contributed by atoms with E-state index in [9.17, 15) is 4.79 Å². The van der Waals surface area contributed by atoms with Crippen molar-refractivity contribution in [3.8, 4) is 0 Å². The van der Waals surface area contributed by atoms with Gasteiger partial charge in [-0.15, -0.1) is 0 Å². The molecule has 0 saturated heterocycles. The van der Waals surface area contributed by atoms with Gasteiger partial charge in [0.25, 0.3) is 0 Å². The smallest absolute Gasteiger partial charge is 0.221 e. The number of carbonyl (C=O) groups is 1. The summed E-state index contributed by atoms with van der Waals surface area (Å²) in [5.41, 5.74) is 5.73. The van der Waals surface area contributed by atoms with Gasteiger partial charge >= 0.3 is 0 Å². The lowest BCUT2D eigenvalue weighted by molar-refractivity contribution is -0.122. The third-order valence-corrected chi connectivity index (χ3v) is 2.87. The highest BCUT2D eigenvalue weighted by molar-refractivity contribution is 5.76. The molecule has 3 heteroatoms. The number of nitrogens with one attached hydrogen (secondary N) is 1. The van der Waals surface area contributed by atoms with Crippen LogP contribution in [0.2, 0.25) is 0 Å². The molecule has 16 heavy (non-hydrogen) atoms. The molecule has 0 radical (unpaired) electrons. The summed E-state index contributed by atoms with van der Waals surface area (Å²) in [6.07, 6.45) is 7.41. The average Bonchev–Trinajstić information content (AvgIpc) is 2.24. The van der Waals surface area contributed by atoms with E-state index in [1.807, 2.05) is 6.92 Å². The van der Waals surface area contributed by atoms with Crippen LogP contribution in [0.3, 0.4) is 0 Å². The number of nitrogens with two attached hydrogens (primary N) is 1. The fourth-order valence-electron chi connectivity index (χ4n) is 1.67. The maximum atomic E-state index is 11.5. The quantitative estimate of drug-likeness (QED) is 0.596. The van der Waals surface area contributed by atoms with Crippen molar-refractivity contribution in [2.75, 3.05) is 0 Å². The number of hydrogen-bond acceptors (Lipinski definition) is 2. The molecule has 2 unspecified atom stereocenters. The van der Waals surface area contributed by atoms with Gasteiger partial charge in [-0.05, 0) is 19.8 Å². The Balaban J connectivity index is 3.54. The van der Waals surface area contributed by atoms with Crippen LogP contribution in [0, 0.1) is 0 Å². The predicted molar refractivity (Wildman–Crippen MR) is 69.2 cm³/mol. The Morgan fingerprint density at radius 2 is 1.94 bits per heavy atom. The summed E-state index contributed by atoms with van der Waals surface area (Å²) in [7, 11) is 0. The van der Waals surface area contributed by atoms with Gasteiger partial charge in [0, 0.05) is 18.5 Å². The molecule has 0 aromatic heterocycles. The monoisotopic (exact) mass is 228 g/mol. The standard InChI is InChI=1S/C13H28N2O/c1-4-6-7-8-9-11(3)15-13(16)10-12(14)5-2/h11-12H,4-10,14H2,1-3H3,(H,15,16). The highest BCUT2D eigenvalue weighted by Gasteiger charge is 2.10. The van der Waals surface area contributed by atoms with E-state index in [0.29, 0.717) is 6.42 Å². The van der Waals surface area contributed by atoms with Gasteiger partial charge in [-0.1, -0.05) is 39.5 Å². The molecule has 0 saturated carbocycles. The lowest BCUT2D eigenvalue weighted by Crippen LogP contribution is -2.36. The molecule has 96 valence electrons. The third kappa shape index (κ3) is 8.72. The van der Waals surface area contributed by atoms with Crippen molar-refractivity contribution in [3.63, 3.8) is 0 Å². The van der Waals surface area contributed by atoms with Crippen LogP contribution in [-0.4, -0.2) is 18.0 Å². The van der Waals surface area contributed by atoms with Gasteiger partial charge in [-0.25, -0.2) is 0 Å². The van der Waals surface area contributed by atoms with Gasteiger partial charge in [-0.2, -0.15) is 0 Å². The largest absolute Gasteiger partial charge is 0.354 e. The van der Waals surface area contributed by atoms with Crippen LogP contribution >= 0.6 is 0 Å². The van der Waals surface area contributed by atoms with Crippen molar-refractivity contribution < 1.29 is 4.79 Å². The van der Waals surface area contributed by atoms with E-state index >= 15 is 0 Å². The summed E-state index contributed by atoms with van der Waals surface area (Å²) >= 11 is 0. The lowest BCUT2D eigenvalue weighted by Gasteiger charge is -2.15. The normalized spacial score (nSPS) is 14.5. The van der Waals surface area contributed by atoms with Crippen LogP contribution in [0.25, 0.3) is 0 Å². The Labute approximate surface area is 100 Å². The molecule has 0 rings (SSSR count). The number of hydrogen-bond donors (Lipinski definition) is 2. The maximum Gasteiger partial charge on any atom is 0.221 e. The molecular weight excluding hydrogens is 200 g/mol.